The van der Waals surface area contributed by atoms with Crippen molar-refractivity contribution < 1.29 is 8.42 Å². The van der Waals surface area contributed by atoms with Crippen molar-refractivity contribution in [3.8, 4) is 11.3 Å². The summed E-state index contributed by atoms with van der Waals surface area (Å²) in [4.78, 5) is 2.08. The zero-order valence-electron chi connectivity index (χ0n) is 16.1. The van der Waals surface area contributed by atoms with Crippen LogP contribution in [0.3, 0.4) is 0 Å². The number of rotatable bonds is 5. The Morgan fingerprint density at radius 1 is 0.793 bits per heavy atom. The summed E-state index contributed by atoms with van der Waals surface area (Å²) in [6, 6.07) is 26.3. The summed E-state index contributed by atoms with van der Waals surface area (Å²) in [5.41, 5.74) is 3.07. The van der Waals surface area contributed by atoms with Crippen molar-refractivity contribution in [3.63, 3.8) is 0 Å². The van der Waals surface area contributed by atoms with Crippen LogP contribution in [0.1, 0.15) is 11.3 Å². The second kappa shape index (κ2) is 7.89. The summed E-state index contributed by atoms with van der Waals surface area (Å²) in [6.07, 6.45) is 0. The molecule has 0 aliphatic rings. The molecule has 1 heterocycles. The minimum atomic E-state index is -3.84. The van der Waals surface area contributed by atoms with Crippen molar-refractivity contribution >= 4 is 21.8 Å². The lowest BCUT2D eigenvalue weighted by Gasteiger charge is -2.11. The van der Waals surface area contributed by atoms with Gasteiger partial charge in [-0.15, -0.1) is 0 Å². The summed E-state index contributed by atoms with van der Waals surface area (Å²) >= 11 is 1.52. The number of hydrogen-bond donors (Lipinski definition) is 0. The van der Waals surface area contributed by atoms with Gasteiger partial charge < -0.3 is 0 Å². The third-order valence-electron chi connectivity index (χ3n) is 4.53. The van der Waals surface area contributed by atoms with Crippen LogP contribution in [-0.4, -0.2) is 17.6 Å². The van der Waals surface area contributed by atoms with E-state index in [0.717, 1.165) is 20.9 Å². The second-order valence-electron chi connectivity index (χ2n) is 6.71. The van der Waals surface area contributed by atoms with E-state index in [9.17, 15) is 8.42 Å². The lowest BCUT2D eigenvalue weighted by atomic mass is 10.1. The van der Waals surface area contributed by atoms with Gasteiger partial charge in [-0.25, -0.2) is 0 Å². The molecule has 6 heteroatoms. The van der Waals surface area contributed by atoms with E-state index in [1.165, 1.54) is 15.8 Å². The Morgan fingerprint density at radius 3 is 2.00 bits per heavy atom. The average Bonchev–Trinajstić information content (AvgIpc) is 3.07. The summed E-state index contributed by atoms with van der Waals surface area (Å²) in [5, 5.41) is 4.46. The zero-order chi connectivity index (χ0) is 20.4. The molecule has 4 aromatic rings. The molecule has 29 heavy (non-hydrogen) atoms. The minimum absolute atomic E-state index is 0.221. The van der Waals surface area contributed by atoms with Crippen molar-refractivity contribution in [3.05, 3.63) is 96.2 Å². The highest BCUT2D eigenvalue weighted by molar-refractivity contribution is 7.99. The lowest BCUT2D eigenvalue weighted by molar-refractivity contribution is 0.580. The van der Waals surface area contributed by atoms with E-state index in [1.807, 2.05) is 74.5 Å². The molecule has 0 saturated heterocycles. The third kappa shape index (κ3) is 3.86. The van der Waals surface area contributed by atoms with Crippen LogP contribution in [0, 0.1) is 13.8 Å². The fourth-order valence-corrected chi connectivity index (χ4v) is 5.46. The molecule has 0 N–H and O–H groups in total. The smallest absolute Gasteiger partial charge is 0.199 e. The SMILES string of the molecule is Cc1ccc(S(=O)(=O)n2nc(C)c(Sc3ccccc3)c2-c2ccccc2)cc1. The van der Waals surface area contributed by atoms with Crippen molar-refractivity contribution in [2.75, 3.05) is 0 Å². The molecule has 3 aromatic carbocycles. The van der Waals surface area contributed by atoms with E-state index in [-0.39, 0.29) is 4.90 Å². The van der Waals surface area contributed by atoms with Gasteiger partial charge in [-0.3, -0.25) is 0 Å². The molecular weight excluding hydrogens is 400 g/mol. The molecule has 1 aromatic heterocycles. The van der Waals surface area contributed by atoms with Crippen LogP contribution < -0.4 is 0 Å². The fraction of sp³-hybridized carbons (Fsp3) is 0.0870. The number of hydrogen-bond acceptors (Lipinski definition) is 4. The number of benzene rings is 3. The molecule has 0 atom stereocenters. The molecule has 0 unspecified atom stereocenters. The summed E-state index contributed by atoms with van der Waals surface area (Å²) < 4.78 is 28.1. The number of aryl methyl sites for hydroxylation is 2. The molecular formula is C23H20N2O2S2. The first kappa shape index (κ1) is 19.5. The molecule has 0 radical (unpaired) electrons. The first-order valence-electron chi connectivity index (χ1n) is 9.17. The average molecular weight is 421 g/mol. The van der Waals surface area contributed by atoms with Crippen LogP contribution in [0.2, 0.25) is 0 Å². The van der Waals surface area contributed by atoms with Gasteiger partial charge in [0.05, 0.1) is 15.5 Å². The topological polar surface area (TPSA) is 52.0 Å². The second-order valence-corrected chi connectivity index (χ2v) is 9.56. The van der Waals surface area contributed by atoms with Gasteiger partial charge in [0, 0.05) is 10.5 Å². The van der Waals surface area contributed by atoms with Crippen LogP contribution in [0.15, 0.2) is 99.6 Å². The molecule has 0 aliphatic heterocycles. The van der Waals surface area contributed by atoms with Gasteiger partial charge in [-0.1, -0.05) is 78.0 Å². The highest BCUT2D eigenvalue weighted by Crippen LogP contribution is 2.39. The van der Waals surface area contributed by atoms with Crippen LogP contribution in [0.5, 0.6) is 0 Å². The third-order valence-corrected chi connectivity index (χ3v) is 7.32. The maximum absolute atomic E-state index is 13.4. The van der Waals surface area contributed by atoms with Gasteiger partial charge >= 0.3 is 0 Å². The molecule has 4 nitrogen and oxygen atoms in total. The Labute approximate surface area is 175 Å². The predicted molar refractivity (Wildman–Crippen MR) is 117 cm³/mol. The molecule has 0 bridgehead atoms. The summed E-state index contributed by atoms with van der Waals surface area (Å²) in [7, 11) is -3.84. The van der Waals surface area contributed by atoms with Crippen LogP contribution in [-0.2, 0) is 10.0 Å². The molecule has 4 rings (SSSR count). The fourth-order valence-electron chi connectivity index (χ4n) is 3.04. The van der Waals surface area contributed by atoms with Crippen molar-refractivity contribution in [1.82, 2.24) is 9.19 Å². The Kier molecular flexibility index (Phi) is 5.30. The van der Waals surface area contributed by atoms with Crippen molar-refractivity contribution in [1.29, 1.82) is 0 Å². The summed E-state index contributed by atoms with van der Waals surface area (Å²) in [6.45, 7) is 3.78. The van der Waals surface area contributed by atoms with Gasteiger partial charge in [-0.2, -0.15) is 17.6 Å². The standard InChI is InChI=1S/C23H20N2O2S2/c1-17-13-15-21(16-14-17)29(26,27)25-22(19-9-5-3-6-10-19)23(18(2)24-25)28-20-11-7-4-8-12-20/h3-16H,1-2H3. The van der Waals surface area contributed by atoms with Gasteiger partial charge in [0.25, 0.3) is 10.0 Å². The largest absolute Gasteiger partial charge is 0.283 e. The van der Waals surface area contributed by atoms with Crippen LogP contribution in [0.4, 0.5) is 0 Å². The van der Waals surface area contributed by atoms with Crippen LogP contribution >= 0.6 is 11.8 Å². The Bertz CT molecular complexity index is 1230. The van der Waals surface area contributed by atoms with E-state index in [1.54, 1.807) is 24.3 Å². The molecule has 0 amide bonds. The van der Waals surface area contributed by atoms with E-state index >= 15 is 0 Å². The first-order valence-corrected chi connectivity index (χ1v) is 11.4. The maximum atomic E-state index is 13.4. The van der Waals surface area contributed by atoms with Crippen molar-refractivity contribution in [2.45, 2.75) is 28.5 Å². The highest BCUT2D eigenvalue weighted by atomic mass is 32.2. The molecule has 146 valence electrons. The van der Waals surface area contributed by atoms with E-state index in [0.29, 0.717) is 11.4 Å². The minimum Gasteiger partial charge on any atom is -0.199 e. The molecule has 0 aliphatic carbocycles. The highest BCUT2D eigenvalue weighted by Gasteiger charge is 2.27. The molecule has 0 saturated carbocycles. The Morgan fingerprint density at radius 2 is 1.38 bits per heavy atom. The quantitative estimate of drug-likeness (QED) is 0.424. The van der Waals surface area contributed by atoms with Gasteiger partial charge in [0.1, 0.15) is 5.69 Å². The normalized spacial score (nSPS) is 11.5. The van der Waals surface area contributed by atoms with E-state index in [2.05, 4.69) is 5.10 Å². The monoisotopic (exact) mass is 420 g/mol. The molecule has 0 spiro atoms. The van der Waals surface area contributed by atoms with Gasteiger partial charge in [0.2, 0.25) is 0 Å². The number of nitrogens with zero attached hydrogens (tertiary/aromatic N) is 2. The van der Waals surface area contributed by atoms with Gasteiger partial charge in [-0.05, 0) is 38.1 Å². The van der Waals surface area contributed by atoms with Crippen LogP contribution in [0.25, 0.3) is 11.3 Å². The van der Waals surface area contributed by atoms with Gasteiger partial charge in [0.15, 0.2) is 0 Å². The Hall–Kier alpha value is -2.83. The van der Waals surface area contributed by atoms with E-state index < -0.39 is 10.0 Å². The maximum Gasteiger partial charge on any atom is 0.283 e. The Balaban J connectivity index is 1.93. The first-order chi connectivity index (χ1) is 14.0. The number of aromatic nitrogens is 2. The van der Waals surface area contributed by atoms with Crippen molar-refractivity contribution in [2.24, 2.45) is 0 Å². The molecule has 0 fully saturated rings. The predicted octanol–water partition coefficient (Wildman–Crippen LogP) is 5.56. The summed E-state index contributed by atoms with van der Waals surface area (Å²) in [5.74, 6) is 0. The zero-order valence-corrected chi connectivity index (χ0v) is 17.7. The lowest BCUT2D eigenvalue weighted by Crippen LogP contribution is -2.16. The van der Waals surface area contributed by atoms with E-state index in [4.69, 9.17) is 0 Å².